The van der Waals surface area contributed by atoms with Crippen molar-refractivity contribution in [1.82, 2.24) is 15.1 Å². The van der Waals surface area contributed by atoms with Gasteiger partial charge in [0.2, 0.25) is 5.91 Å². The van der Waals surface area contributed by atoms with Gasteiger partial charge in [-0.25, -0.2) is 0 Å². The number of hydrogen-bond donors (Lipinski definition) is 1. The van der Waals surface area contributed by atoms with Gasteiger partial charge in [-0.3, -0.25) is 9.69 Å². The topological polar surface area (TPSA) is 35.6 Å². The zero-order valence-electron chi connectivity index (χ0n) is 11.4. The molecule has 2 heterocycles. The highest BCUT2D eigenvalue weighted by molar-refractivity contribution is 5.85. The van der Waals surface area contributed by atoms with Crippen LogP contribution in [-0.2, 0) is 4.79 Å². The third-order valence-corrected chi connectivity index (χ3v) is 3.97. The van der Waals surface area contributed by atoms with Crippen LogP contribution in [0.2, 0.25) is 0 Å². The monoisotopic (exact) mass is 275 g/mol. The number of rotatable bonds is 2. The second kappa shape index (κ2) is 7.97. The zero-order valence-corrected chi connectivity index (χ0v) is 12.2. The van der Waals surface area contributed by atoms with Crippen LogP contribution in [0.15, 0.2) is 0 Å². The first-order valence-corrected chi connectivity index (χ1v) is 7.02. The van der Waals surface area contributed by atoms with Crippen molar-refractivity contribution in [2.75, 3.05) is 39.3 Å². The number of hydrogen-bond acceptors (Lipinski definition) is 3. The maximum atomic E-state index is 12.4. The molecule has 0 aromatic rings. The molecular weight excluding hydrogens is 250 g/mol. The minimum atomic E-state index is 0. The van der Waals surface area contributed by atoms with Crippen LogP contribution in [0.5, 0.6) is 0 Å². The predicted molar refractivity (Wildman–Crippen MR) is 76.2 cm³/mol. The molecule has 2 fully saturated rings. The van der Waals surface area contributed by atoms with Crippen molar-refractivity contribution in [2.24, 2.45) is 0 Å². The molecule has 0 spiro atoms. The van der Waals surface area contributed by atoms with E-state index in [1.54, 1.807) is 0 Å². The maximum Gasteiger partial charge on any atom is 0.239 e. The van der Waals surface area contributed by atoms with Gasteiger partial charge in [-0.05, 0) is 19.8 Å². The smallest absolute Gasteiger partial charge is 0.239 e. The number of piperazine rings is 1. The van der Waals surface area contributed by atoms with Crippen LogP contribution in [0.25, 0.3) is 0 Å². The lowest BCUT2D eigenvalue weighted by molar-refractivity contribution is -0.136. The van der Waals surface area contributed by atoms with Crippen LogP contribution in [0.4, 0.5) is 0 Å². The molecule has 1 amide bonds. The first kappa shape index (κ1) is 15.7. The van der Waals surface area contributed by atoms with Gasteiger partial charge in [-0.15, -0.1) is 12.4 Å². The van der Waals surface area contributed by atoms with Gasteiger partial charge in [-0.2, -0.15) is 0 Å². The molecule has 5 heteroatoms. The Kier molecular flexibility index (Phi) is 6.97. The largest absolute Gasteiger partial charge is 0.341 e. The van der Waals surface area contributed by atoms with Crippen LogP contribution >= 0.6 is 12.4 Å². The maximum absolute atomic E-state index is 12.4. The van der Waals surface area contributed by atoms with Crippen molar-refractivity contribution in [3.63, 3.8) is 0 Å². The summed E-state index contributed by atoms with van der Waals surface area (Å²) in [7, 11) is 0. The number of carbonyl (C=O) groups is 1. The van der Waals surface area contributed by atoms with Gasteiger partial charge in [0.1, 0.15) is 0 Å². The molecule has 4 nitrogen and oxygen atoms in total. The fourth-order valence-corrected chi connectivity index (χ4v) is 2.78. The third-order valence-electron chi connectivity index (χ3n) is 3.97. The third kappa shape index (κ3) is 4.11. The lowest BCUT2D eigenvalue weighted by Crippen LogP contribution is -2.53. The first-order chi connectivity index (χ1) is 8.29. The molecule has 106 valence electrons. The molecule has 2 aliphatic heterocycles. The summed E-state index contributed by atoms with van der Waals surface area (Å²) < 4.78 is 0. The molecule has 0 aromatic carbocycles. The molecule has 2 rings (SSSR count). The molecule has 1 atom stereocenters. The second-order valence-electron chi connectivity index (χ2n) is 5.20. The van der Waals surface area contributed by atoms with Crippen molar-refractivity contribution < 1.29 is 4.79 Å². The number of likely N-dealkylation sites (tertiary alicyclic amines) is 1. The average molecular weight is 276 g/mol. The van der Waals surface area contributed by atoms with Crippen LogP contribution < -0.4 is 5.32 Å². The van der Waals surface area contributed by atoms with Gasteiger partial charge < -0.3 is 10.2 Å². The normalized spacial score (nSPS) is 23.9. The van der Waals surface area contributed by atoms with Crippen LogP contribution in [-0.4, -0.2) is 61.0 Å². The molecule has 0 aromatic heterocycles. The van der Waals surface area contributed by atoms with Crippen molar-refractivity contribution in [2.45, 2.75) is 38.6 Å². The fourth-order valence-electron chi connectivity index (χ4n) is 2.78. The summed E-state index contributed by atoms with van der Waals surface area (Å²) in [5.74, 6) is 0.341. The molecular formula is C13H26ClN3O. The minimum Gasteiger partial charge on any atom is -0.341 e. The van der Waals surface area contributed by atoms with Gasteiger partial charge in [0.05, 0.1) is 6.04 Å². The summed E-state index contributed by atoms with van der Waals surface area (Å²) in [6.07, 6.45) is 4.93. The van der Waals surface area contributed by atoms with Gasteiger partial charge >= 0.3 is 0 Å². The van der Waals surface area contributed by atoms with Crippen molar-refractivity contribution in [1.29, 1.82) is 0 Å². The van der Waals surface area contributed by atoms with E-state index in [2.05, 4.69) is 22.0 Å². The second-order valence-corrected chi connectivity index (χ2v) is 5.20. The molecule has 0 radical (unpaired) electrons. The number of amides is 1. The number of nitrogens with zero attached hydrogens (tertiary/aromatic N) is 2. The van der Waals surface area contributed by atoms with E-state index in [0.717, 1.165) is 39.3 Å². The fraction of sp³-hybridized carbons (Fsp3) is 0.923. The van der Waals surface area contributed by atoms with E-state index >= 15 is 0 Å². The minimum absolute atomic E-state index is 0. The van der Waals surface area contributed by atoms with Crippen molar-refractivity contribution in [3.8, 4) is 0 Å². The van der Waals surface area contributed by atoms with Crippen LogP contribution in [0.3, 0.4) is 0 Å². The summed E-state index contributed by atoms with van der Waals surface area (Å²) in [5, 5.41) is 3.33. The Morgan fingerprint density at radius 1 is 1.00 bits per heavy atom. The molecule has 0 aliphatic carbocycles. The van der Waals surface area contributed by atoms with E-state index < -0.39 is 0 Å². The number of nitrogens with one attached hydrogen (secondary N) is 1. The Morgan fingerprint density at radius 2 is 1.56 bits per heavy atom. The molecule has 1 N–H and O–H groups in total. The Balaban J connectivity index is 0.00000162. The average Bonchev–Trinajstić information content (AvgIpc) is 2.67. The number of halogens is 1. The molecule has 1 unspecified atom stereocenters. The van der Waals surface area contributed by atoms with E-state index in [1.807, 2.05) is 0 Å². The summed E-state index contributed by atoms with van der Waals surface area (Å²) in [5.41, 5.74) is 0. The summed E-state index contributed by atoms with van der Waals surface area (Å²) in [6.45, 7) is 8.03. The highest BCUT2D eigenvalue weighted by Gasteiger charge is 2.26. The van der Waals surface area contributed by atoms with Crippen LogP contribution in [0.1, 0.15) is 32.6 Å². The van der Waals surface area contributed by atoms with E-state index in [-0.39, 0.29) is 18.4 Å². The van der Waals surface area contributed by atoms with E-state index in [4.69, 9.17) is 0 Å². The lowest BCUT2D eigenvalue weighted by Gasteiger charge is -2.34. The predicted octanol–water partition coefficient (Wildman–Crippen LogP) is 1.10. The van der Waals surface area contributed by atoms with Gasteiger partial charge in [0.25, 0.3) is 0 Å². The Hall–Kier alpha value is -0.320. The molecule has 18 heavy (non-hydrogen) atoms. The van der Waals surface area contributed by atoms with E-state index in [1.165, 1.54) is 25.7 Å². The summed E-state index contributed by atoms with van der Waals surface area (Å²) in [4.78, 5) is 16.8. The summed E-state index contributed by atoms with van der Waals surface area (Å²) >= 11 is 0. The lowest BCUT2D eigenvalue weighted by atomic mass is 10.2. The Morgan fingerprint density at radius 3 is 2.11 bits per heavy atom. The molecule has 2 saturated heterocycles. The van der Waals surface area contributed by atoms with Gasteiger partial charge in [0, 0.05) is 39.3 Å². The number of carbonyl (C=O) groups excluding carboxylic acids is 1. The van der Waals surface area contributed by atoms with Gasteiger partial charge in [0.15, 0.2) is 0 Å². The summed E-state index contributed by atoms with van der Waals surface area (Å²) in [6, 6.07) is 0.0650. The highest BCUT2D eigenvalue weighted by atomic mass is 35.5. The molecule has 0 saturated carbocycles. The molecule has 0 bridgehead atoms. The standard InChI is InChI=1S/C13H25N3O.ClH/c1-12(15-10-6-14-7-11-15)13(17)16-8-4-2-3-5-9-16;/h12,14H,2-11H2,1H3;1H. The van der Waals surface area contributed by atoms with Crippen LogP contribution in [0, 0.1) is 0 Å². The molecule has 2 aliphatic rings. The van der Waals surface area contributed by atoms with Crippen molar-refractivity contribution in [3.05, 3.63) is 0 Å². The quantitative estimate of drug-likeness (QED) is 0.820. The van der Waals surface area contributed by atoms with Gasteiger partial charge in [-0.1, -0.05) is 12.8 Å². The van der Waals surface area contributed by atoms with E-state index in [9.17, 15) is 4.79 Å². The Bertz CT molecular complexity index is 249. The highest BCUT2D eigenvalue weighted by Crippen LogP contribution is 2.13. The first-order valence-electron chi connectivity index (χ1n) is 7.02. The van der Waals surface area contributed by atoms with E-state index in [0.29, 0.717) is 5.91 Å². The Labute approximate surface area is 116 Å². The zero-order chi connectivity index (χ0) is 12.1. The SMILES string of the molecule is CC(C(=O)N1CCCCCC1)N1CCNCC1.Cl. The van der Waals surface area contributed by atoms with Crippen molar-refractivity contribution >= 4 is 18.3 Å².